The van der Waals surface area contributed by atoms with Gasteiger partial charge in [0.25, 0.3) is 0 Å². The zero-order chi connectivity index (χ0) is 18.0. The summed E-state index contributed by atoms with van der Waals surface area (Å²) in [5.74, 6) is -0.268. The monoisotopic (exact) mass is 346 g/mol. The van der Waals surface area contributed by atoms with Gasteiger partial charge in [0.2, 0.25) is 5.79 Å². The van der Waals surface area contributed by atoms with E-state index in [2.05, 4.69) is 36.4 Å². The maximum absolute atomic E-state index is 9.75. The van der Waals surface area contributed by atoms with E-state index in [0.717, 1.165) is 10.9 Å². The van der Waals surface area contributed by atoms with Crippen molar-refractivity contribution in [2.45, 2.75) is 18.1 Å². The molecular weight excluding hydrogens is 324 g/mol. The van der Waals surface area contributed by atoms with Crippen LogP contribution in [0.15, 0.2) is 84.6 Å². The van der Waals surface area contributed by atoms with Crippen LogP contribution in [0.25, 0.3) is 10.8 Å². The van der Waals surface area contributed by atoms with Gasteiger partial charge in [0.15, 0.2) is 0 Å². The average Bonchev–Trinajstić information content (AvgIpc) is 2.73. The molecule has 1 aliphatic heterocycles. The molecule has 1 aliphatic rings. The molecule has 3 aromatic carbocycles. The molecule has 0 radical (unpaired) electrons. The van der Waals surface area contributed by atoms with Crippen LogP contribution in [0.3, 0.4) is 0 Å². The number of benzene rings is 3. The summed E-state index contributed by atoms with van der Waals surface area (Å²) >= 11 is 0. The molecular formula is C23H22O3. The van der Waals surface area contributed by atoms with E-state index in [1.54, 1.807) is 7.11 Å². The summed E-state index contributed by atoms with van der Waals surface area (Å²) in [5.41, 5.74) is 2.14. The molecule has 0 unspecified atom stereocenters. The fraction of sp³-hybridized carbons (Fsp3) is 0.217. The first-order valence-corrected chi connectivity index (χ1v) is 8.84. The molecule has 3 nitrogen and oxygen atoms in total. The van der Waals surface area contributed by atoms with Gasteiger partial charge in [-0.15, -0.1) is 0 Å². The van der Waals surface area contributed by atoms with Crippen molar-refractivity contribution in [3.8, 4) is 0 Å². The lowest BCUT2D eigenvalue weighted by Gasteiger charge is -2.40. The highest BCUT2D eigenvalue weighted by atomic mass is 16.7. The van der Waals surface area contributed by atoms with Crippen molar-refractivity contribution in [3.05, 3.63) is 95.8 Å². The fourth-order valence-electron chi connectivity index (χ4n) is 3.71. The Morgan fingerprint density at radius 3 is 2.46 bits per heavy atom. The highest BCUT2D eigenvalue weighted by Crippen LogP contribution is 2.44. The number of hydrogen-bond donors (Lipinski definition) is 1. The van der Waals surface area contributed by atoms with Crippen molar-refractivity contribution in [2.24, 2.45) is 0 Å². The Bertz CT molecular complexity index is 932. The Morgan fingerprint density at radius 2 is 1.73 bits per heavy atom. The lowest BCUT2D eigenvalue weighted by atomic mass is 9.85. The van der Waals surface area contributed by atoms with Gasteiger partial charge in [-0.25, -0.2) is 0 Å². The molecule has 0 saturated carbocycles. The molecule has 3 aromatic rings. The van der Waals surface area contributed by atoms with E-state index >= 15 is 0 Å². The van der Waals surface area contributed by atoms with Crippen molar-refractivity contribution in [3.63, 3.8) is 0 Å². The van der Waals surface area contributed by atoms with Crippen LogP contribution in [-0.4, -0.2) is 18.8 Å². The summed E-state index contributed by atoms with van der Waals surface area (Å²) < 4.78 is 12.1. The molecule has 0 aliphatic carbocycles. The van der Waals surface area contributed by atoms with Crippen LogP contribution in [-0.2, 0) is 15.3 Å². The van der Waals surface area contributed by atoms with Crippen LogP contribution in [0.1, 0.15) is 23.5 Å². The second kappa shape index (κ2) is 6.94. The van der Waals surface area contributed by atoms with E-state index in [1.807, 2.05) is 42.5 Å². The third-order valence-corrected chi connectivity index (χ3v) is 5.07. The van der Waals surface area contributed by atoms with Crippen LogP contribution in [0.5, 0.6) is 0 Å². The largest absolute Gasteiger partial charge is 0.460 e. The topological polar surface area (TPSA) is 38.7 Å². The van der Waals surface area contributed by atoms with E-state index < -0.39 is 5.79 Å². The van der Waals surface area contributed by atoms with Gasteiger partial charge in [-0.2, -0.15) is 0 Å². The molecule has 0 spiro atoms. The van der Waals surface area contributed by atoms with E-state index in [9.17, 15) is 5.11 Å². The van der Waals surface area contributed by atoms with Crippen LogP contribution >= 0.6 is 0 Å². The van der Waals surface area contributed by atoms with Gasteiger partial charge in [0.1, 0.15) is 12.4 Å². The predicted octanol–water partition coefficient (Wildman–Crippen LogP) is 4.72. The summed E-state index contributed by atoms with van der Waals surface area (Å²) in [4.78, 5) is 0. The van der Waals surface area contributed by atoms with Crippen LogP contribution in [0.2, 0.25) is 0 Å². The number of hydrogen-bond acceptors (Lipinski definition) is 3. The second-order valence-electron chi connectivity index (χ2n) is 6.63. The van der Waals surface area contributed by atoms with Gasteiger partial charge in [-0.05, 0) is 28.5 Å². The molecule has 0 aromatic heterocycles. The number of fused-ring (bicyclic) bond motifs is 1. The number of aliphatic hydroxyl groups is 1. The molecule has 0 saturated heterocycles. The molecule has 0 amide bonds. The number of rotatable bonds is 4. The minimum atomic E-state index is -0.919. The number of methoxy groups -OCH3 is 1. The van der Waals surface area contributed by atoms with Crippen molar-refractivity contribution in [1.82, 2.24) is 0 Å². The third kappa shape index (κ3) is 3.00. The van der Waals surface area contributed by atoms with Crippen molar-refractivity contribution >= 4 is 10.8 Å². The van der Waals surface area contributed by atoms with Gasteiger partial charge in [-0.1, -0.05) is 66.7 Å². The Balaban J connectivity index is 1.79. The summed E-state index contributed by atoms with van der Waals surface area (Å²) in [6.45, 7) is -0.151. The summed E-state index contributed by atoms with van der Waals surface area (Å²) in [7, 11) is 1.66. The minimum Gasteiger partial charge on any atom is -0.460 e. The summed E-state index contributed by atoms with van der Waals surface area (Å²) in [6, 6.07) is 24.7. The van der Waals surface area contributed by atoms with E-state index in [1.165, 1.54) is 10.9 Å². The lowest BCUT2D eigenvalue weighted by molar-refractivity contribution is -0.224. The Morgan fingerprint density at radius 1 is 1.00 bits per heavy atom. The van der Waals surface area contributed by atoms with Crippen LogP contribution in [0, 0.1) is 0 Å². The van der Waals surface area contributed by atoms with E-state index in [4.69, 9.17) is 9.47 Å². The standard InChI is InChI=1S/C23H22O3/c1-25-23(21-12-11-18-9-5-6-10-19(18)13-21)15-20(14-22(16-24)26-23)17-7-3-2-4-8-17/h2-14,20,24H,15-16H2,1H3/t20-,23-/m1/s1. The van der Waals surface area contributed by atoms with Gasteiger partial charge >= 0.3 is 0 Å². The maximum atomic E-state index is 9.75. The first-order valence-electron chi connectivity index (χ1n) is 8.84. The van der Waals surface area contributed by atoms with Crippen LogP contribution in [0.4, 0.5) is 0 Å². The molecule has 4 rings (SSSR count). The van der Waals surface area contributed by atoms with Crippen LogP contribution < -0.4 is 0 Å². The predicted molar refractivity (Wildman–Crippen MR) is 103 cm³/mol. The van der Waals surface area contributed by atoms with E-state index in [-0.39, 0.29) is 12.5 Å². The first-order chi connectivity index (χ1) is 12.7. The van der Waals surface area contributed by atoms with Crippen molar-refractivity contribution in [2.75, 3.05) is 13.7 Å². The molecule has 1 heterocycles. The van der Waals surface area contributed by atoms with Gasteiger partial charge < -0.3 is 14.6 Å². The zero-order valence-electron chi connectivity index (χ0n) is 14.8. The summed E-state index contributed by atoms with van der Waals surface area (Å²) in [5, 5.41) is 12.1. The smallest absolute Gasteiger partial charge is 0.237 e. The highest BCUT2D eigenvalue weighted by molar-refractivity contribution is 5.83. The molecule has 132 valence electrons. The molecule has 3 heteroatoms. The molecule has 2 atom stereocenters. The molecule has 1 N–H and O–H groups in total. The van der Waals surface area contributed by atoms with Crippen molar-refractivity contribution in [1.29, 1.82) is 0 Å². The Kier molecular flexibility index (Phi) is 4.49. The lowest BCUT2D eigenvalue weighted by Crippen LogP contribution is -2.37. The van der Waals surface area contributed by atoms with Crippen molar-refractivity contribution < 1.29 is 14.6 Å². The number of aliphatic hydroxyl groups excluding tert-OH is 1. The second-order valence-corrected chi connectivity index (χ2v) is 6.63. The zero-order valence-corrected chi connectivity index (χ0v) is 14.8. The van der Waals surface area contributed by atoms with E-state index in [0.29, 0.717) is 12.2 Å². The average molecular weight is 346 g/mol. The number of allylic oxidation sites excluding steroid dienone is 1. The molecule has 26 heavy (non-hydrogen) atoms. The normalized spacial score (nSPS) is 22.7. The number of ether oxygens (including phenoxy) is 2. The van der Waals surface area contributed by atoms with Gasteiger partial charge in [0.05, 0.1) is 0 Å². The van der Waals surface area contributed by atoms with Gasteiger partial charge in [0, 0.05) is 25.0 Å². The van der Waals surface area contributed by atoms with Gasteiger partial charge in [-0.3, -0.25) is 0 Å². The first kappa shape index (κ1) is 16.8. The quantitative estimate of drug-likeness (QED) is 0.743. The highest BCUT2D eigenvalue weighted by Gasteiger charge is 2.41. The fourth-order valence-corrected chi connectivity index (χ4v) is 3.71. The molecule has 0 fully saturated rings. The Hall–Kier alpha value is -2.62. The maximum Gasteiger partial charge on any atom is 0.237 e. The third-order valence-electron chi connectivity index (χ3n) is 5.07. The minimum absolute atomic E-state index is 0.110. The summed E-state index contributed by atoms with van der Waals surface area (Å²) in [6.07, 6.45) is 2.64. The molecule has 0 bridgehead atoms. The Labute approximate surface area is 153 Å². The SMILES string of the molecule is CO[C@]1(c2ccc3ccccc3c2)C[C@H](c2ccccc2)C=C(CO)O1.